The first kappa shape index (κ1) is 5.63. The van der Waals surface area contributed by atoms with Gasteiger partial charge >= 0.3 is 0 Å². The predicted octanol–water partition coefficient (Wildman–Crippen LogP) is 2.07. The van der Waals surface area contributed by atoms with Crippen LogP contribution in [0.1, 0.15) is 5.56 Å². The Balaban J connectivity index is 2.92. The van der Waals surface area contributed by atoms with E-state index in [0.717, 1.165) is 5.75 Å². The fourth-order valence-corrected chi connectivity index (χ4v) is 1.35. The van der Waals surface area contributed by atoms with Crippen LogP contribution in [0.25, 0.3) is 0 Å². The number of hydrogen-bond acceptors (Lipinski definition) is 2. The van der Waals surface area contributed by atoms with Gasteiger partial charge in [0, 0.05) is 10.9 Å². The first-order chi connectivity index (χ1) is 3.84. The lowest BCUT2D eigenvalue weighted by Crippen LogP contribution is -1.79. The van der Waals surface area contributed by atoms with Gasteiger partial charge < -0.3 is 4.74 Å². The van der Waals surface area contributed by atoms with Gasteiger partial charge in [-0.25, -0.2) is 0 Å². The van der Waals surface area contributed by atoms with Crippen molar-refractivity contribution in [1.29, 1.82) is 0 Å². The van der Waals surface area contributed by atoms with E-state index in [4.69, 9.17) is 4.74 Å². The number of hydrogen-bond donors (Lipinski definition) is 0. The zero-order valence-corrected chi connectivity index (χ0v) is 5.79. The van der Waals surface area contributed by atoms with E-state index < -0.39 is 0 Å². The molecule has 1 nitrogen and oxygen atoms in total. The molecule has 0 aliphatic rings. The summed E-state index contributed by atoms with van der Waals surface area (Å²) in [6.07, 6.45) is 0. The second kappa shape index (κ2) is 2.18. The lowest BCUT2D eigenvalue weighted by Gasteiger charge is -1.92. The molecule has 2 heteroatoms. The smallest absolute Gasteiger partial charge is 0.132 e. The Morgan fingerprint density at radius 1 is 1.50 bits per heavy atom. The van der Waals surface area contributed by atoms with E-state index in [1.54, 1.807) is 18.4 Å². The van der Waals surface area contributed by atoms with Gasteiger partial charge in [0.1, 0.15) is 5.75 Å². The third-order valence-electron chi connectivity index (χ3n) is 1.03. The Morgan fingerprint density at radius 3 is 2.50 bits per heavy atom. The van der Waals surface area contributed by atoms with Crippen molar-refractivity contribution in [2.24, 2.45) is 0 Å². The maximum Gasteiger partial charge on any atom is 0.132 e. The average molecular weight is 128 g/mol. The van der Waals surface area contributed by atoms with Crippen molar-refractivity contribution in [3.05, 3.63) is 16.3 Å². The van der Waals surface area contributed by atoms with Crippen molar-refractivity contribution in [2.75, 3.05) is 7.11 Å². The molecule has 0 bridgehead atoms. The lowest BCUT2D eigenvalue weighted by atomic mass is 10.4. The number of thiophene rings is 1. The van der Waals surface area contributed by atoms with E-state index >= 15 is 0 Å². The highest BCUT2D eigenvalue weighted by Gasteiger charge is 1.93. The molecular weight excluding hydrogens is 120 g/mol. The van der Waals surface area contributed by atoms with Crippen LogP contribution < -0.4 is 4.74 Å². The molecule has 0 aliphatic heterocycles. The maximum absolute atomic E-state index is 5.00. The van der Waals surface area contributed by atoms with E-state index in [1.807, 2.05) is 12.3 Å². The minimum atomic E-state index is 0.995. The molecular formula is C6H8OS. The number of rotatable bonds is 1. The topological polar surface area (TPSA) is 9.23 Å². The summed E-state index contributed by atoms with van der Waals surface area (Å²) < 4.78 is 5.00. The standard InChI is InChI=1S/C6H8OS/c1-5-3-8-4-6(5)7-2/h3-4H,1-2H3. The summed E-state index contributed by atoms with van der Waals surface area (Å²) in [6, 6.07) is 0. The molecule has 1 aromatic rings. The second-order valence-electron chi connectivity index (χ2n) is 1.62. The summed E-state index contributed by atoms with van der Waals surface area (Å²) in [7, 11) is 1.69. The third kappa shape index (κ3) is 0.842. The van der Waals surface area contributed by atoms with Gasteiger partial charge in [0.05, 0.1) is 7.11 Å². The van der Waals surface area contributed by atoms with Crippen LogP contribution in [-0.2, 0) is 0 Å². The molecule has 0 amide bonds. The Kier molecular flexibility index (Phi) is 1.53. The number of ether oxygens (including phenoxy) is 1. The summed E-state index contributed by atoms with van der Waals surface area (Å²) >= 11 is 1.67. The van der Waals surface area contributed by atoms with Crippen molar-refractivity contribution in [2.45, 2.75) is 6.92 Å². The SMILES string of the molecule is COc1cscc1C. The average Bonchev–Trinajstić information content (AvgIpc) is 2.14. The van der Waals surface area contributed by atoms with Crippen LogP contribution in [0.15, 0.2) is 10.8 Å². The molecule has 44 valence electrons. The van der Waals surface area contributed by atoms with Crippen LogP contribution in [-0.4, -0.2) is 7.11 Å². The summed E-state index contributed by atoms with van der Waals surface area (Å²) in [5.74, 6) is 0.995. The van der Waals surface area contributed by atoms with E-state index in [-0.39, 0.29) is 0 Å². The largest absolute Gasteiger partial charge is 0.496 e. The third-order valence-corrected chi connectivity index (χ3v) is 1.87. The van der Waals surface area contributed by atoms with Crippen molar-refractivity contribution < 1.29 is 4.74 Å². The molecule has 0 radical (unpaired) electrons. The van der Waals surface area contributed by atoms with Gasteiger partial charge in [0.2, 0.25) is 0 Å². The molecule has 0 saturated carbocycles. The molecule has 0 unspecified atom stereocenters. The lowest BCUT2D eigenvalue weighted by molar-refractivity contribution is 0.414. The highest BCUT2D eigenvalue weighted by Crippen LogP contribution is 2.20. The van der Waals surface area contributed by atoms with E-state index in [1.165, 1.54) is 5.56 Å². The molecule has 0 atom stereocenters. The van der Waals surface area contributed by atoms with Crippen molar-refractivity contribution in [1.82, 2.24) is 0 Å². The fourth-order valence-electron chi connectivity index (χ4n) is 0.558. The maximum atomic E-state index is 5.00. The summed E-state index contributed by atoms with van der Waals surface area (Å²) in [5.41, 5.74) is 1.22. The van der Waals surface area contributed by atoms with Crippen LogP contribution in [0.5, 0.6) is 5.75 Å². The number of methoxy groups -OCH3 is 1. The van der Waals surface area contributed by atoms with Crippen molar-refractivity contribution in [3.63, 3.8) is 0 Å². The second-order valence-corrected chi connectivity index (χ2v) is 2.37. The molecule has 1 rings (SSSR count). The van der Waals surface area contributed by atoms with Gasteiger partial charge in [-0.05, 0) is 12.3 Å². The van der Waals surface area contributed by atoms with Crippen LogP contribution in [0.4, 0.5) is 0 Å². The molecule has 0 aliphatic carbocycles. The molecule has 8 heavy (non-hydrogen) atoms. The normalized spacial score (nSPS) is 9.25. The zero-order valence-electron chi connectivity index (χ0n) is 4.97. The molecule has 0 aromatic carbocycles. The van der Waals surface area contributed by atoms with Gasteiger partial charge in [0.15, 0.2) is 0 Å². The first-order valence-corrected chi connectivity index (χ1v) is 3.35. The van der Waals surface area contributed by atoms with Gasteiger partial charge in [-0.15, -0.1) is 11.3 Å². The molecule has 0 N–H and O–H groups in total. The summed E-state index contributed by atoms with van der Waals surface area (Å²) in [4.78, 5) is 0. The Hall–Kier alpha value is -0.500. The monoisotopic (exact) mass is 128 g/mol. The molecule has 0 fully saturated rings. The fraction of sp³-hybridized carbons (Fsp3) is 0.333. The van der Waals surface area contributed by atoms with Gasteiger partial charge in [-0.2, -0.15) is 0 Å². The van der Waals surface area contributed by atoms with Gasteiger partial charge in [0.25, 0.3) is 0 Å². The summed E-state index contributed by atoms with van der Waals surface area (Å²) in [5, 5.41) is 4.06. The minimum absolute atomic E-state index is 0.995. The van der Waals surface area contributed by atoms with Crippen molar-refractivity contribution >= 4 is 11.3 Å². The van der Waals surface area contributed by atoms with E-state index in [9.17, 15) is 0 Å². The predicted molar refractivity (Wildman–Crippen MR) is 35.6 cm³/mol. The van der Waals surface area contributed by atoms with Gasteiger partial charge in [-0.3, -0.25) is 0 Å². The Bertz CT molecular complexity index is 169. The van der Waals surface area contributed by atoms with Gasteiger partial charge in [-0.1, -0.05) is 0 Å². The first-order valence-electron chi connectivity index (χ1n) is 2.41. The Morgan fingerprint density at radius 2 is 2.25 bits per heavy atom. The number of aryl methyl sites for hydroxylation is 1. The summed E-state index contributed by atoms with van der Waals surface area (Å²) in [6.45, 7) is 2.04. The molecule has 0 saturated heterocycles. The van der Waals surface area contributed by atoms with Crippen LogP contribution in [0, 0.1) is 6.92 Å². The Labute approximate surface area is 52.9 Å². The van der Waals surface area contributed by atoms with Crippen molar-refractivity contribution in [3.8, 4) is 5.75 Å². The van der Waals surface area contributed by atoms with E-state index in [0.29, 0.717) is 0 Å². The highest BCUT2D eigenvalue weighted by atomic mass is 32.1. The van der Waals surface area contributed by atoms with E-state index in [2.05, 4.69) is 5.38 Å². The zero-order chi connectivity index (χ0) is 5.98. The highest BCUT2D eigenvalue weighted by molar-refractivity contribution is 7.08. The molecule has 1 aromatic heterocycles. The van der Waals surface area contributed by atoms with Crippen LogP contribution >= 0.6 is 11.3 Å². The van der Waals surface area contributed by atoms with Crippen LogP contribution in [0.3, 0.4) is 0 Å². The minimum Gasteiger partial charge on any atom is -0.496 e. The van der Waals surface area contributed by atoms with Crippen LogP contribution in [0.2, 0.25) is 0 Å². The molecule has 0 spiro atoms. The quantitative estimate of drug-likeness (QED) is 0.562. The molecule has 1 heterocycles.